The summed E-state index contributed by atoms with van der Waals surface area (Å²) in [6, 6.07) is 10.3. The molecule has 0 aliphatic rings. The topological polar surface area (TPSA) is 109 Å². The molecule has 0 saturated heterocycles. The zero-order valence-electron chi connectivity index (χ0n) is 16.9. The third-order valence-corrected chi connectivity index (χ3v) is 4.30. The number of amides is 3. The van der Waals surface area contributed by atoms with Crippen molar-refractivity contribution in [1.29, 1.82) is 0 Å². The van der Waals surface area contributed by atoms with E-state index < -0.39 is 23.5 Å². The Morgan fingerprint density at radius 1 is 1.19 bits per heavy atom. The molecule has 0 aromatic heterocycles. The molecule has 0 aliphatic heterocycles. The van der Waals surface area contributed by atoms with Crippen molar-refractivity contribution in [2.75, 3.05) is 11.9 Å². The Balaban J connectivity index is 1.85. The third-order valence-electron chi connectivity index (χ3n) is 4.01. The van der Waals surface area contributed by atoms with Crippen molar-refractivity contribution in [3.05, 3.63) is 58.9 Å². The summed E-state index contributed by atoms with van der Waals surface area (Å²) >= 11 is 5.68. The average Bonchev–Trinajstić information content (AvgIpc) is 2.75. The van der Waals surface area contributed by atoms with Crippen LogP contribution < -0.4 is 20.8 Å². The van der Waals surface area contributed by atoms with E-state index in [0.717, 1.165) is 6.07 Å². The lowest BCUT2D eigenvalue weighted by Crippen LogP contribution is -2.41. The van der Waals surface area contributed by atoms with Crippen LogP contribution in [-0.4, -0.2) is 36.6 Å². The molecule has 10 heteroatoms. The molecule has 1 atom stereocenters. The third kappa shape index (κ3) is 8.06. The molecule has 0 unspecified atom stereocenters. The maximum Gasteiger partial charge on any atom is 0.329 e. The number of hydrazone groups is 1. The Bertz CT molecular complexity index is 984. The Hall–Kier alpha value is -3.46. The molecule has 8 nitrogen and oxygen atoms in total. The zero-order valence-corrected chi connectivity index (χ0v) is 17.7. The van der Waals surface area contributed by atoms with Gasteiger partial charge in [-0.05, 0) is 49.2 Å². The van der Waals surface area contributed by atoms with Crippen molar-refractivity contribution in [2.45, 2.75) is 26.3 Å². The van der Waals surface area contributed by atoms with E-state index in [1.807, 2.05) is 6.92 Å². The van der Waals surface area contributed by atoms with Gasteiger partial charge in [-0.2, -0.15) is 5.10 Å². The lowest BCUT2D eigenvalue weighted by atomic mass is 10.2. The van der Waals surface area contributed by atoms with Gasteiger partial charge in [0.05, 0.1) is 11.2 Å². The van der Waals surface area contributed by atoms with Crippen molar-refractivity contribution >= 4 is 41.2 Å². The maximum absolute atomic E-state index is 13.2. The molecule has 31 heavy (non-hydrogen) atoms. The van der Waals surface area contributed by atoms with Gasteiger partial charge in [-0.3, -0.25) is 14.4 Å². The van der Waals surface area contributed by atoms with E-state index in [4.69, 9.17) is 16.3 Å². The molecule has 3 N–H and O–H groups in total. The van der Waals surface area contributed by atoms with Crippen LogP contribution in [0.5, 0.6) is 5.75 Å². The minimum absolute atomic E-state index is 0.102. The van der Waals surface area contributed by atoms with E-state index in [9.17, 15) is 18.8 Å². The number of rotatable bonds is 8. The van der Waals surface area contributed by atoms with Crippen molar-refractivity contribution < 1.29 is 23.5 Å². The van der Waals surface area contributed by atoms with Gasteiger partial charge in [0.15, 0.2) is 6.61 Å². The van der Waals surface area contributed by atoms with E-state index in [-0.39, 0.29) is 17.7 Å². The number of ether oxygens (including phenoxy) is 1. The second kappa shape index (κ2) is 11.7. The smallest absolute Gasteiger partial charge is 0.329 e. The standard InChI is InChI=1S/C21H22ClFN4O4/c1-3-13(2)25-20(29)21(30)27-24-11-14-5-4-6-16(9-14)31-12-19(28)26-15-7-8-18(23)17(22)10-15/h4-11,13H,3,12H2,1-2H3,(H,25,29)(H,26,28)(H,27,30)/b24-11-/t13-/m0/s1. The van der Waals surface area contributed by atoms with Crippen LogP contribution in [0.15, 0.2) is 47.6 Å². The van der Waals surface area contributed by atoms with Gasteiger partial charge in [-0.15, -0.1) is 0 Å². The Morgan fingerprint density at radius 3 is 2.68 bits per heavy atom. The van der Waals surface area contributed by atoms with Gasteiger partial charge in [-0.1, -0.05) is 30.7 Å². The minimum Gasteiger partial charge on any atom is -0.484 e. The molecule has 3 amide bonds. The van der Waals surface area contributed by atoms with Crippen LogP contribution in [0.3, 0.4) is 0 Å². The Morgan fingerprint density at radius 2 is 1.97 bits per heavy atom. The highest BCUT2D eigenvalue weighted by atomic mass is 35.5. The Kier molecular flexibility index (Phi) is 8.95. The van der Waals surface area contributed by atoms with Crippen LogP contribution in [0.1, 0.15) is 25.8 Å². The fourth-order valence-corrected chi connectivity index (χ4v) is 2.39. The summed E-state index contributed by atoms with van der Waals surface area (Å²) in [5.74, 6) is -2.29. The van der Waals surface area contributed by atoms with Gasteiger partial charge in [0.2, 0.25) is 0 Å². The maximum atomic E-state index is 13.2. The summed E-state index contributed by atoms with van der Waals surface area (Å²) < 4.78 is 18.6. The summed E-state index contributed by atoms with van der Waals surface area (Å²) in [4.78, 5) is 35.3. The number of nitrogens with zero attached hydrogens (tertiary/aromatic N) is 1. The molecule has 0 heterocycles. The summed E-state index contributed by atoms with van der Waals surface area (Å²) in [5.41, 5.74) is 3.06. The van der Waals surface area contributed by atoms with Crippen LogP contribution >= 0.6 is 11.6 Å². The van der Waals surface area contributed by atoms with E-state index >= 15 is 0 Å². The number of carbonyl (C=O) groups excluding carboxylic acids is 3. The first kappa shape index (κ1) is 23.8. The summed E-state index contributed by atoms with van der Waals surface area (Å²) in [5, 5.41) is 8.71. The minimum atomic E-state index is -0.874. The predicted molar refractivity (Wildman–Crippen MR) is 116 cm³/mol. The average molecular weight is 449 g/mol. The lowest BCUT2D eigenvalue weighted by Gasteiger charge is -2.09. The molecule has 0 spiro atoms. The van der Waals surface area contributed by atoms with Gasteiger partial charge in [-0.25, -0.2) is 9.82 Å². The van der Waals surface area contributed by atoms with Gasteiger partial charge in [0.1, 0.15) is 11.6 Å². The van der Waals surface area contributed by atoms with Crippen molar-refractivity contribution in [1.82, 2.24) is 10.7 Å². The van der Waals surface area contributed by atoms with Gasteiger partial charge < -0.3 is 15.4 Å². The number of halogens is 2. The van der Waals surface area contributed by atoms with Crippen LogP contribution in [0.2, 0.25) is 5.02 Å². The SMILES string of the molecule is CC[C@H](C)NC(=O)C(=O)N/N=C\c1cccc(OCC(=O)Nc2ccc(F)c(Cl)c2)c1. The number of hydrogen-bond acceptors (Lipinski definition) is 5. The lowest BCUT2D eigenvalue weighted by molar-refractivity contribution is -0.139. The molecule has 2 rings (SSSR count). The number of anilines is 1. The monoisotopic (exact) mass is 448 g/mol. The van der Waals surface area contributed by atoms with Crippen molar-refractivity contribution in [3.63, 3.8) is 0 Å². The molecule has 2 aromatic carbocycles. The van der Waals surface area contributed by atoms with Crippen LogP contribution in [0.4, 0.5) is 10.1 Å². The van der Waals surface area contributed by atoms with E-state index in [1.54, 1.807) is 31.2 Å². The highest BCUT2D eigenvalue weighted by Crippen LogP contribution is 2.19. The van der Waals surface area contributed by atoms with Crippen molar-refractivity contribution in [2.24, 2.45) is 5.10 Å². The van der Waals surface area contributed by atoms with Crippen LogP contribution in [-0.2, 0) is 14.4 Å². The van der Waals surface area contributed by atoms with Crippen LogP contribution in [0.25, 0.3) is 0 Å². The van der Waals surface area contributed by atoms with E-state index in [1.165, 1.54) is 18.3 Å². The summed E-state index contributed by atoms with van der Waals surface area (Å²) in [6.07, 6.45) is 2.03. The molecule has 2 aromatic rings. The molecule has 164 valence electrons. The highest BCUT2D eigenvalue weighted by molar-refractivity contribution is 6.35. The predicted octanol–water partition coefficient (Wildman–Crippen LogP) is 2.86. The molecule has 0 aliphatic carbocycles. The van der Waals surface area contributed by atoms with Gasteiger partial charge in [0.25, 0.3) is 5.91 Å². The van der Waals surface area contributed by atoms with E-state index in [2.05, 4.69) is 21.2 Å². The first-order valence-electron chi connectivity index (χ1n) is 9.40. The number of hydrogen-bond donors (Lipinski definition) is 3. The first-order valence-corrected chi connectivity index (χ1v) is 9.78. The molecular formula is C21H22ClFN4O4. The quantitative estimate of drug-likeness (QED) is 0.328. The summed E-state index contributed by atoms with van der Waals surface area (Å²) in [6.45, 7) is 3.38. The fraction of sp³-hybridized carbons (Fsp3) is 0.238. The van der Waals surface area contributed by atoms with E-state index in [0.29, 0.717) is 23.4 Å². The highest BCUT2D eigenvalue weighted by Gasteiger charge is 2.14. The largest absolute Gasteiger partial charge is 0.484 e. The molecule has 0 saturated carbocycles. The second-order valence-electron chi connectivity index (χ2n) is 6.52. The Labute approximate surface area is 183 Å². The summed E-state index contributed by atoms with van der Waals surface area (Å²) in [7, 11) is 0. The fourth-order valence-electron chi connectivity index (χ4n) is 2.21. The zero-order chi connectivity index (χ0) is 22.8. The molecule has 0 radical (unpaired) electrons. The van der Waals surface area contributed by atoms with Crippen LogP contribution in [0, 0.1) is 5.82 Å². The molecular weight excluding hydrogens is 427 g/mol. The van der Waals surface area contributed by atoms with Gasteiger partial charge >= 0.3 is 11.8 Å². The first-order chi connectivity index (χ1) is 14.8. The number of benzene rings is 2. The second-order valence-corrected chi connectivity index (χ2v) is 6.93. The molecule has 0 bridgehead atoms. The molecule has 0 fully saturated rings. The normalized spacial score (nSPS) is 11.6. The van der Waals surface area contributed by atoms with Gasteiger partial charge in [0, 0.05) is 11.7 Å². The number of nitrogens with one attached hydrogen (secondary N) is 3. The number of carbonyl (C=O) groups is 3. The van der Waals surface area contributed by atoms with Crippen molar-refractivity contribution in [3.8, 4) is 5.75 Å².